The van der Waals surface area contributed by atoms with Crippen LogP contribution in [0.1, 0.15) is 13.3 Å². The molecule has 1 aromatic carbocycles. The van der Waals surface area contributed by atoms with E-state index in [-0.39, 0.29) is 28.4 Å². The molecule has 0 unspecified atom stereocenters. The third-order valence-corrected chi connectivity index (χ3v) is 3.21. The highest BCUT2D eigenvalue weighted by Crippen LogP contribution is 2.14. The Morgan fingerprint density at radius 1 is 1.39 bits per heavy atom. The van der Waals surface area contributed by atoms with Crippen molar-refractivity contribution >= 4 is 44.5 Å². The van der Waals surface area contributed by atoms with E-state index in [0.29, 0.717) is 13.2 Å². The highest BCUT2D eigenvalue weighted by molar-refractivity contribution is 8.93. The summed E-state index contributed by atoms with van der Waals surface area (Å²) in [4.78, 5) is 11.5. The van der Waals surface area contributed by atoms with Crippen LogP contribution in [0.3, 0.4) is 0 Å². The van der Waals surface area contributed by atoms with Crippen LogP contribution in [0.15, 0.2) is 29.8 Å². The molecule has 2 rings (SSSR count). The van der Waals surface area contributed by atoms with Crippen molar-refractivity contribution in [1.29, 1.82) is 0 Å². The molecule has 0 atom stereocenters. The molecule has 0 radical (unpaired) electrons. The van der Waals surface area contributed by atoms with Crippen molar-refractivity contribution in [3.63, 3.8) is 0 Å². The lowest BCUT2D eigenvalue weighted by atomic mass is 10.3. The first kappa shape index (κ1) is 17.0. The summed E-state index contributed by atoms with van der Waals surface area (Å²) < 4.78 is 8.17. The van der Waals surface area contributed by atoms with Gasteiger partial charge in [-0.3, -0.25) is 0 Å². The van der Waals surface area contributed by atoms with Crippen molar-refractivity contribution in [2.24, 2.45) is 0 Å². The maximum Gasteiger partial charge on any atom is 0.372 e. The molecule has 18 heavy (non-hydrogen) atoms. The largest absolute Gasteiger partial charge is 0.461 e. The maximum atomic E-state index is 11.5. The summed E-state index contributed by atoms with van der Waals surface area (Å²) in [6.45, 7) is 2.78. The second-order valence-corrected chi connectivity index (χ2v) is 4.43. The van der Waals surface area contributed by atoms with Crippen molar-refractivity contribution in [3.8, 4) is 0 Å². The molecule has 1 aromatic heterocycles. The molecule has 2 N–H and O–H groups in total. The number of hydrogen-bond donors (Lipinski definition) is 0. The first-order valence-corrected chi connectivity index (χ1v) is 6.20. The number of carbonyl (C=O) groups is 1. The van der Waals surface area contributed by atoms with Crippen molar-refractivity contribution in [2.45, 2.75) is 19.9 Å². The van der Waals surface area contributed by atoms with Crippen LogP contribution in [0.2, 0.25) is 0 Å². The number of nitrogens with zero attached hydrogens (tertiary/aromatic N) is 1. The molecule has 0 amide bonds. The van der Waals surface area contributed by atoms with Crippen molar-refractivity contribution in [2.75, 3.05) is 6.61 Å². The summed E-state index contributed by atoms with van der Waals surface area (Å²) in [5.41, 5.74) is 3.04. The van der Waals surface area contributed by atoms with Crippen LogP contribution in [-0.2, 0) is 16.1 Å². The first-order chi connectivity index (χ1) is 7.81. The van der Waals surface area contributed by atoms with Gasteiger partial charge in [-0.05, 0) is 12.5 Å². The predicted octanol–water partition coefficient (Wildman–Crippen LogP) is 1.90. The van der Waals surface area contributed by atoms with E-state index >= 15 is 0 Å². The predicted molar refractivity (Wildman–Crippen MR) is 77.2 cm³/mol. The lowest BCUT2D eigenvalue weighted by molar-refractivity contribution is -0.655. The Kier molecular flexibility index (Phi) is 7.73. The summed E-state index contributed by atoms with van der Waals surface area (Å²) >= 11 is 1.63. The van der Waals surface area contributed by atoms with E-state index in [9.17, 15) is 4.79 Å². The molecule has 6 heteroatoms. The van der Waals surface area contributed by atoms with E-state index in [4.69, 9.17) is 4.74 Å². The van der Waals surface area contributed by atoms with Crippen LogP contribution in [0.4, 0.5) is 0 Å². The van der Waals surface area contributed by atoms with Gasteiger partial charge in [0.1, 0.15) is 4.70 Å². The summed E-state index contributed by atoms with van der Waals surface area (Å²) in [6.07, 6.45) is 0.862. The minimum absolute atomic E-state index is 0. The molecule has 0 fully saturated rings. The number of carbonyl (C=O) groups excluding carboxylic acids is 1. The Hall–Kier alpha value is -0.980. The molecule has 100 valence electrons. The fraction of sp³-hybridized carbons (Fsp3) is 0.333. The Morgan fingerprint density at radius 2 is 2.11 bits per heavy atom. The van der Waals surface area contributed by atoms with Gasteiger partial charge in [0, 0.05) is 6.07 Å². The minimum atomic E-state index is -0.171. The van der Waals surface area contributed by atoms with Gasteiger partial charge in [0.05, 0.1) is 6.61 Å². The Balaban J connectivity index is 0.00000144. The number of fused-ring (bicyclic) bond motifs is 1. The van der Waals surface area contributed by atoms with E-state index in [2.05, 4.69) is 0 Å². The average Bonchev–Trinajstić information content (AvgIpc) is 2.70. The quantitative estimate of drug-likeness (QED) is 0.633. The van der Waals surface area contributed by atoms with Gasteiger partial charge in [0.25, 0.3) is 0 Å². The highest BCUT2D eigenvalue weighted by Gasteiger charge is 2.15. The third kappa shape index (κ3) is 4.04. The lowest BCUT2D eigenvalue weighted by Gasteiger charge is -1.98. The Bertz CT molecular complexity index is 501. The highest BCUT2D eigenvalue weighted by atomic mass is 79.9. The molecule has 0 aliphatic carbocycles. The van der Waals surface area contributed by atoms with Crippen LogP contribution in [-0.4, -0.2) is 18.1 Å². The molecule has 0 bridgehead atoms. The first-order valence-electron chi connectivity index (χ1n) is 5.32. The minimum Gasteiger partial charge on any atom is -0.461 e. The van der Waals surface area contributed by atoms with Gasteiger partial charge >= 0.3 is 5.97 Å². The monoisotopic (exact) mass is 334 g/mol. The number of halogens is 1. The van der Waals surface area contributed by atoms with E-state index in [0.717, 1.165) is 11.9 Å². The molecule has 4 nitrogen and oxygen atoms in total. The van der Waals surface area contributed by atoms with E-state index in [1.165, 1.54) is 4.70 Å². The normalized spacial score (nSPS) is 9.39. The molecular formula is C12H17BrNO3S+. The number of rotatable bonds is 4. The number of esters is 1. The van der Waals surface area contributed by atoms with Crippen LogP contribution < -0.4 is 4.57 Å². The van der Waals surface area contributed by atoms with Crippen LogP contribution in [0.5, 0.6) is 0 Å². The summed E-state index contributed by atoms with van der Waals surface area (Å²) in [5.74, 6) is -0.171. The number of para-hydroxylation sites is 1. The SMILES string of the molecule is Br.CCCOC(=O)C[n+]1csc2ccccc21.O. The van der Waals surface area contributed by atoms with Gasteiger partial charge in [-0.2, -0.15) is 4.57 Å². The average molecular weight is 335 g/mol. The van der Waals surface area contributed by atoms with Gasteiger partial charge in [-0.15, -0.1) is 17.0 Å². The van der Waals surface area contributed by atoms with E-state index < -0.39 is 0 Å². The van der Waals surface area contributed by atoms with Gasteiger partial charge < -0.3 is 10.2 Å². The fourth-order valence-electron chi connectivity index (χ4n) is 1.49. The second-order valence-electron chi connectivity index (χ2n) is 3.54. The second kappa shape index (κ2) is 8.18. The summed E-state index contributed by atoms with van der Waals surface area (Å²) in [5, 5.41) is 0. The van der Waals surface area contributed by atoms with Crippen molar-refractivity contribution in [3.05, 3.63) is 29.8 Å². The molecule has 0 saturated heterocycles. The van der Waals surface area contributed by atoms with Gasteiger partial charge in [0.15, 0.2) is 0 Å². The van der Waals surface area contributed by atoms with Crippen molar-refractivity contribution in [1.82, 2.24) is 0 Å². The van der Waals surface area contributed by atoms with Crippen LogP contribution in [0.25, 0.3) is 10.2 Å². The topological polar surface area (TPSA) is 61.7 Å². The standard InChI is InChI=1S/C12H14NO2S.BrH.H2O/c1-2-7-15-12(14)8-13-9-16-11-6-4-3-5-10(11)13;;/h3-6,9H,2,7-8H2,1H3;1H;1H2/q+1;;. The van der Waals surface area contributed by atoms with Gasteiger partial charge in [-0.1, -0.05) is 30.4 Å². The molecular weight excluding hydrogens is 318 g/mol. The van der Waals surface area contributed by atoms with Crippen LogP contribution >= 0.6 is 28.3 Å². The van der Waals surface area contributed by atoms with Gasteiger partial charge in [0.2, 0.25) is 17.6 Å². The molecule has 1 heterocycles. The number of aromatic nitrogens is 1. The fourth-order valence-corrected chi connectivity index (χ4v) is 2.39. The summed E-state index contributed by atoms with van der Waals surface area (Å²) in [6, 6.07) is 8.04. The zero-order valence-electron chi connectivity index (χ0n) is 10.1. The van der Waals surface area contributed by atoms with Gasteiger partial charge in [-0.25, -0.2) is 4.79 Å². The zero-order chi connectivity index (χ0) is 11.4. The Labute approximate surface area is 120 Å². The van der Waals surface area contributed by atoms with Crippen LogP contribution in [0, 0.1) is 0 Å². The molecule has 0 spiro atoms. The number of hydrogen-bond acceptors (Lipinski definition) is 3. The molecule has 0 aliphatic rings. The van der Waals surface area contributed by atoms with E-state index in [1.54, 1.807) is 11.3 Å². The van der Waals surface area contributed by atoms with Crippen molar-refractivity contribution < 1.29 is 19.6 Å². The summed E-state index contributed by atoms with van der Waals surface area (Å²) in [7, 11) is 0. The number of benzene rings is 1. The molecule has 0 saturated carbocycles. The zero-order valence-corrected chi connectivity index (χ0v) is 12.6. The lowest BCUT2D eigenvalue weighted by Crippen LogP contribution is -2.37. The molecule has 2 aromatic rings. The maximum absolute atomic E-state index is 11.5. The van der Waals surface area contributed by atoms with E-state index in [1.807, 2.05) is 41.3 Å². The smallest absolute Gasteiger partial charge is 0.372 e. The Morgan fingerprint density at radius 3 is 2.83 bits per heavy atom. The molecule has 0 aliphatic heterocycles. The third-order valence-electron chi connectivity index (χ3n) is 2.25. The number of ether oxygens (including phenoxy) is 1. The number of thiazole rings is 1.